The highest BCUT2D eigenvalue weighted by Gasteiger charge is 2.31. The zero-order chi connectivity index (χ0) is 24.7. The molecule has 8 nitrogen and oxygen atoms in total. The Labute approximate surface area is 197 Å². The molecule has 0 atom stereocenters. The molecule has 0 aliphatic heterocycles. The lowest BCUT2D eigenvalue weighted by molar-refractivity contribution is -0.274. The molecule has 178 valence electrons. The number of aryl methyl sites for hydroxylation is 2. The number of halogens is 3. The van der Waals surface area contributed by atoms with Gasteiger partial charge in [0.25, 0.3) is 5.91 Å². The monoisotopic (exact) mass is 480 g/mol. The summed E-state index contributed by atoms with van der Waals surface area (Å²) in [6.45, 7) is 2.11. The maximum Gasteiger partial charge on any atom is 0.573 e. The number of amides is 1. The van der Waals surface area contributed by atoms with Gasteiger partial charge in [0.15, 0.2) is 5.65 Å². The molecule has 0 aliphatic carbocycles. The van der Waals surface area contributed by atoms with Gasteiger partial charge in [-0.05, 0) is 55.5 Å². The molecule has 35 heavy (non-hydrogen) atoms. The first-order valence-corrected chi connectivity index (χ1v) is 10.6. The van der Waals surface area contributed by atoms with Crippen LogP contribution in [-0.2, 0) is 13.6 Å². The van der Waals surface area contributed by atoms with Crippen molar-refractivity contribution < 1.29 is 22.7 Å². The van der Waals surface area contributed by atoms with Crippen LogP contribution in [0.3, 0.4) is 0 Å². The van der Waals surface area contributed by atoms with E-state index in [-0.39, 0.29) is 18.2 Å². The molecule has 0 radical (unpaired) electrons. The summed E-state index contributed by atoms with van der Waals surface area (Å²) in [4.78, 5) is 25.4. The fourth-order valence-electron chi connectivity index (χ4n) is 3.98. The number of ether oxygens (including phenoxy) is 1. The fourth-order valence-corrected chi connectivity index (χ4v) is 3.98. The largest absolute Gasteiger partial charge is 0.573 e. The van der Waals surface area contributed by atoms with Crippen molar-refractivity contribution in [2.75, 3.05) is 0 Å². The highest BCUT2D eigenvalue weighted by Crippen LogP contribution is 2.33. The van der Waals surface area contributed by atoms with Crippen molar-refractivity contribution in [3.05, 3.63) is 78.1 Å². The number of rotatable bonds is 5. The van der Waals surface area contributed by atoms with Crippen LogP contribution >= 0.6 is 0 Å². The molecule has 0 saturated carbocycles. The number of carbonyl (C=O) groups is 1. The minimum atomic E-state index is -4.77. The number of nitrogens with zero attached hydrogens (tertiary/aromatic N) is 5. The molecule has 0 aliphatic rings. The average molecular weight is 480 g/mol. The molecule has 1 amide bonds. The minimum absolute atomic E-state index is 0.257. The van der Waals surface area contributed by atoms with E-state index in [9.17, 15) is 18.0 Å². The van der Waals surface area contributed by atoms with Crippen LogP contribution in [0.5, 0.6) is 5.75 Å². The summed E-state index contributed by atoms with van der Waals surface area (Å²) >= 11 is 0. The third kappa shape index (κ3) is 4.27. The van der Waals surface area contributed by atoms with E-state index in [1.807, 2.05) is 23.1 Å². The van der Waals surface area contributed by atoms with E-state index in [0.29, 0.717) is 22.6 Å². The Morgan fingerprint density at radius 1 is 1.11 bits per heavy atom. The third-order valence-corrected chi connectivity index (χ3v) is 5.67. The lowest BCUT2D eigenvalue weighted by atomic mass is 10.1. The van der Waals surface area contributed by atoms with Crippen molar-refractivity contribution in [1.82, 2.24) is 29.4 Å². The molecule has 0 spiro atoms. The van der Waals surface area contributed by atoms with Crippen molar-refractivity contribution in [1.29, 1.82) is 0 Å². The summed E-state index contributed by atoms with van der Waals surface area (Å²) in [5.74, 6) is 0.175. The van der Waals surface area contributed by atoms with Gasteiger partial charge in [-0.1, -0.05) is 0 Å². The van der Waals surface area contributed by atoms with Crippen LogP contribution in [-0.4, -0.2) is 36.4 Å². The van der Waals surface area contributed by atoms with Crippen LogP contribution in [0.2, 0.25) is 0 Å². The molecule has 5 aromatic rings. The number of aromatic nitrogens is 5. The van der Waals surface area contributed by atoms with Gasteiger partial charge in [-0.15, -0.1) is 13.2 Å². The molecule has 3 heterocycles. The predicted molar refractivity (Wildman–Crippen MR) is 122 cm³/mol. The van der Waals surface area contributed by atoms with E-state index in [2.05, 4.69) is 25.0 Å². The number of carbonyl (C=O) groups excluding carboxylic acids is 1. The number of alkyl halides is 3. The second-order valence-corrected chi connectivity index (χ2v) is 7.88. The number of hydrogen-bond acceptors (Lipinski definition) is 5. The Morgan fingerprint density at radius 3 is 2.57 bits per heavy atom. The zero-order valence-corrected chi connectivity index (χ0v) is 18.7. The number of imidazole rings is 1. The van der Waals surface area contributed by atoms with Crippen molar-refractivity contribution >= 4 is 28.0 Å². The lowest BCUT2D eigenvalue weighted by Gasteiger charge is -2.11. The van der Waals surface area contributed by atoms with Crippen molar-refractivity contribution in [3.8, 4) is 11.4 Å². The van der Waals surface area contributed by atoms with E-state index in [0.717, 1.165) is 22.2 Å². The van der Waals surface area contributed by atoms with Crippen molar-refractivity contribution in [3.63, 3.8) is 0 Å². The summed E-state index contributed by atoms with van der Waals surface area (Å²) in [6.07, 6.45) is -1.75. The quantitative estimate of drug-likeness (QED) is 0.402. The van der Waals surface area contributed by atoms with E-state index in [1.54, 1.807) is 30.5 Å². The van der Waals surface area contributed by atoms with Gasteiger partial charge >= 0.3 is 6.36 Å². The molecule has 0 unspecified atom stereocenters. The number of fused-ring (bicyclic) bond motifs is 3. The Hall–Kier alpha value is -4.41. The van der Waals surface area contributed by atoms with Crippen LogP contribution in [0.25, 0.3) is 27.8 Å². The average Bonchev–Trinajstić information content (AvgIpc) is 3.30. The number of benzene rings is 2. The molecule has 0 bridgehead atoms. The maximum atomic E-state index is 12.8. The van der Waals surface area contributed by atoms with Crippen LogP contribution in [0.4, 0.5) is 13.2 Å². The van der Waals surface area contributed by atoms with Gasteiger partial charge in [0.2, 0.25) is 0 Å². The number of nitrogens with one attached hydrogen (secondary N) is 1. The summed E-state index contributed by atoms with van der Waals surface area (Å²) in [7, 11) is 1.87. The first-order chi connectivity index (χ1) is 16.7. The highest BCUT2D eigenvalue weighted by atomic mass is 19.4. The Morgan fingerprint density at radius 2 is 1.89 bits per heavy atom. The molecular weight excluding hydrogens is 461 g/mol. The normalized spacial score (nSPS) is 11.8. The molecule has 0 fully saturated rings. The first kappa shape index (κ1) is 22.4. The van der Waals surface area contributed by atoms with Crippen molar-refractivity contribution in [2.24, 2.45) is 7.05 Å². The summed E-state index contributed by atoms with van der Waals surface area (Å²) < 4.78 is 45.4. The van der Waals surface area contributed by atoms with Crippen molar-refractivity contribution in [2.45, 2.75) is 19.8 Å². The van der Waals surface area contributed by atoms with Gasteiger partial charge in [-0.3, -0.25) is 9.36 Å². The zero-order valence-electron chi connectivity index (χ0n) is 18.7. The van der Waals surface area contributed by atoms with E-state index in [1.165, 1.54) is 30.6 Å². The van der Waals surface area contributed by atoms with Gasteiger partial charge in [-0.2, -0.15) is 0 Å². The first-order valence-electron chi connectivity index (χ1n) is 10.6. The Kier molecular flexibility index (Phi) is 5.39. The van der Waals surface area contributed by atoms with Crippen LogP contribution in [0.1, 0.15) is 21.9 Å². The molecule has 3 aromatic heterocycles. The second-order valence-electron chi connectivity index (χ2n) is 7.88. The molecule has 1 N–H and O–H groups in total. The minimum Gasteiger partial charge on any atom is -0.406 e. The standard InChI is InChI=1S/C24H19F3N6O2/c1-14-31-22-21(32(14)2)19-11-15(23(34)29-12-16-9-10-28-13-30-16)3-8-20(19)33(22)17-4-6-18(7-5-17)35-24(25,26)27/h3-11,13H,12H2,1-2H3,(H,29,34). The predicted octanol–water partition coefficient (Wildman–Crippen LogP) is 4.44. The van der Waals surface area contributed by atoms with Crippen LogP contribution < -0.4 is 10.1 Å². The van der Waals surface area contributed by atoms with E-state index in [4.69, 9.17) is 0 Å². The second kappa shape index (κ2) is 8.42. The van der Waals surface area contributed by atoms with Gasteiger partial charge in [0.05, 0.1) is 23.3 Å². The summed E-state index contributed by atoms with van der Waals surface area (Å²) in [6, 6.07) is 12.6. The number of hydrogen-bond donors (Lipinski definition) is 1. The topological polar surface area (TPSA) is 86.9 Å². The molecule has 2 aromatic carbocycles. The third-order valence-electron chi connectivity index (χ3n) is 5.67. The smallest absolute Gasteiger partial charge is 0.406 e. The maximum absolute atomic E-state index is 12.8. The van der Waals surface area contributed by atoms with Gasteiger partial charge < -0.3 is 14.6 Å². The fraction of sp³-hybridized carbons (Fsp3) is 0.167. The molecular formula is C24H19F3N6O2. The van der Waals surface area contributed by atoms with Crippen LogP contribution in [0.15, 0.2) is 61.1 Å². The van der Waals surface area contributed by atoms with Gasteiger partial charge in [-0.25, -0.2) is 15.0 Å². The van der Waals surface area contributed by atoms with E-state index >= 15 is 0 Å². The Balaban J connectivity index is 1.55. The van der Waals surface area contributed by atoms with Crippen LogP contribution in [0, 0.1) is 6.92 Å². The highest BCUT2D eigenvalue weighted by molar-refractivity contribution is 6.09. The summed E-state index contributed by atoms with van der Waals surface area (Å²) in [5, 5.41) is 3.63. The van der Waals surface area contributed by atoms with E-state index < -0.39 is 6.36 Å². The van der Waals surface area contributed by atoms with Gasteiger partial charge in [0, 0.05) is 29.9 Å². The van der Waals surface area contributed by atoms with Gasteiger partial charge in [0.1, 0.15) is 17.9 Å². The molecule has 0 saturated heterocycles. The Bertz CT molecular complexity index is 1540. The molecule has 11 heteroatoms. The molecule has 5 rings (SSSR count). The lowest BCUT2D eigenvalue weighted by Crippen LogP contribution is -2.23. The SMILES string of the molecule is Cc1nc2c(c3cc(C(=O)NCc4ccncn4)ccc3n2-c2ccc(OC(F)(F)F)cc2)n1C. The summed E-state index contributed by atoms with van der Waals surface area (Å²) in [5.41, 5.74) is 3.94.